The highest BCUT2D eigenvalue weighted by Gasteiger charge is 2.02. The number of hydrogen-bond donors (Lipinski definition) is 2. The normalized spacial score (nSPS) is 12.5. The zero-order valence-corrected chi connectivity index (χ0v) is 9.19. The highest BCUT2D eigenvalue weighted by atomic mass is 32.2. The molecule has 0 aromatic heterocycles. The second-order valence-corrected chi connectivity index (χ2v) is 4.07. The Morgan fingerprint density at radius 3 is 2.85 bits per heavy atom. The average Bonchev–Trinajstić information content (AvgIpc) is 2.09. The predicted molar refractivity (Wildman–Crippen MR) is 56.9 cm³/mol. The lowest BCUT2D eigenvalue weighted by atomic mass is 10.2. The van der Waals surface area contributed by atoms with Crippen LogP contribution < -0.4 is 5.32 Å². The lowest BCUT2D eigenvalue weighted by molar-refractivity contribution is -0.121. The van der Waals surface area contributed by atoms with Crippen LogP contribution in [0.5, 0.6) is 0 Å². The Morgan fingerprint density at radius 1 is 1.62 bits per heavy atom. The quantitative estimate of drug-likeness (QED) is 0.610. The van der Waals surface area contributed by atoms with Crippen LogP contribution >= 0.6 is 11.8 Å². The van der Waals surface area contributed by atoms with Crippen LogP contribution in [-0.2, 0) is 4.79 Å². The monoisotopic (exact) mass is 205 g/mol. The number of thioether (sulfide) groups is 1. The van der Waals surface area contributed by atoms with E-state index in [0.29, 0.717) is 12.8 Å². The Morgan fingerprint density at radius 2 is 2.31 bits per heavy atom. The molecule has 1 atom stereocenters. The van der Waals surface area contributed by atoms with Gasteiger partial charge in [0.15, 0.2) is 0 Å². The molecule has 0 aromatic carbocycles. The molecule has 0 saturated carbocycles. The second-order valence-electron chi connectivity index (χ2n) is 3.08. The SMILES string of the molecule is CSCCCNC(=O)CCC(C)O. The summed E-state index contributed by atoms with van der Waals surface area (Å²) < 4.78 is 0. The molecule has 1 amide bonds. The molecule has 0 aliphatic carbocycles. The molecule has 2 N–H and O–H groups in total. The lowest BCUT2D eigenvalue weighted by Crippen LogP contribution is -2.25. The number of nitrogens with one attached hydrogen (secondary N) is 1. The summed E-state index contributed by atoms with van der Waals surface area (Å²) >= 11 is 1.78. The van der Waals surface area contributed by atoms with Crippen molar-refractivity contribution in [2.24, 2.45) is 0 Å². The van der Waals surface area contributed by atoms with Crippen LogP contribution in [0.1, 0.15) is 26.2 Å². The molecule has 0 spiro atoms. The van der Waals surface area contributed by atoms with Gasteiger partial charge >= 0.3 is 0 Å². The minimum Gasteiger partial charge on any atom is -0.393 e. The van der Waals surface area contributed by atoms with E-state index in [0.717, 1.165) is 18.7 Å². The molecule has 0 rings (SSSR count). The Balaban J connectivity index is 3.20. The van der Waals surface area contributed by atoms with Crippen LogP contribution in [0.2, 0.25) is 0 Å². The van der Waals surface area contributed by atoms with Crippen molar-refractivity contribution >= 4 is 17.7 Å². The summed E-state index contributed by atoms with van der Waals surface area (Å²) in [6.45, 7) is 2.44. The largest absolute Gasteiger partial charge is 0.393 e. The van der Waals surface area contributed by atoms with Gasteiger partial charge in [-0.3, -0.25) is 4.79 Å². The zero-order chi connectivity index (χ0) is 10.1. The number of carbonyl (C=O) groups excluding carboxylic acids is 1. The van der Waals surface area contributed by atoms with Crippen LogP contribution in [0.15, 0.2) is 0 Å². The molecule has 4 heteroatoms. The van der Waals surface area contributed by atoms with Gasteiger partial charge in [-0.2, -0.15) is 11.8 Å². The van der Waals surface area contributed by atoms with Gasteiger partial charge in [0.25, 0.3) is 0 Å². The van der Waals surface area contributed by atoms with E-state index < -0.39 is 0 Å². The number of aliphatic hydroxyl groups excluding tert-OH is 1. The number of amides is 1. The first-order valence-corrected chi connectivity index (χ1v) is 6.00. The minimum absolute atomic E-state index is 0.0435. The molecule has 0 radical (unpaired) electrons. The maximum Gasteiger partial charge on any atom is 0.220 e. The van der Waals surface area contributed by atoms with Gasteiger partial charge in [-0.1, -0.05) is 0 Å². The van der Waals surface area contributed by atoms with Crippen LogP contribution in [0.3, 0.4) is 0 Å². The van der Waals surface area contributed by atoms with E-state index in [2.05, 4.69) is 11.6 Å². The number of aliphatic hydroxyl groups is 1. The topological polar surface area (TPSA) is 49.3 Å². The van der Waals surface area contributed by atoms with E-state index in [-0.39, 0.29) is 12.0 Å². The van der Waals surface area contributed by atoms with Crippen molar-refractivity contribution in [2.45, 2.75) is 32.3 Å². The van der Waals surface area contributed by atoms with Gasteiger partial charge < -0.3 is 10.4 Å². The van der Waals surface area contributed by atoms with E-state index in [4.69, 9.17) is 5.11 Å². The maximum absolute atomic E-state index is 11.1. The van der Waals surface area contributed by atoms with Crippen molar-refractivity contribution in [3.8, 4) is 0 Å². The fraction of sp³-hybridized carbons (Fsp3) is 0.889. The number of carbonyl (C=O) groups is 1. The Kier molecular flexibility index (Phi) is 8.24. The van der Waals surface area contributed by atoms with Crippen LogP contribution in [-0.4, -0.2) is 35.7 Å². The summed E-state index contributed by atoms with van der Waals surface area (Å²) in [6.07, 6.45) is 3.67. The van der Waals surface area contributed by atoms with Crippen molar-refractivity contribution in [1.82, 2.24) is 5.32 Å². The molecule has 0 bridgehead atoms. The molecular weight excluding hydrogens is 186 g/mol. The standard InChI is InChI=1S/C9H19NO2S/c1-8(11)4-5-9(12)10-6-3-7-13-2/h8,11H,3-7H2,1-2H3,(H,10,12). The summed E-state index contributed by atoms with van der Waals surface area (Å²) in [4.78, 5) is 11.1. The minimum atomic E-state index is -0.378. The molecule has 0 aliphatic heterocycles. The van der Waals surface area contributed by atoms with Crippen molar-refractivity contribution in [3.63, 3.8) is 0 Å². The highest BCUT2D eigenvalue weighted by molar-refractivity contribution is 7.98. The summed E-state index contributed by atoms with van der Waals surface area (Å²) in [5.74, 6) is 1.12. The Hall–Kier alpha value is -0.220. The molecule has 13 heavy (non-hydrogen) atoms. The van der Waals surface area contributed by atoms with E-state index in [1.165, 1.54) is 0 Å². The first-order chi connectivity index (χ1) is 6.16. The summed E-state index contributed by atoms with van der Waals surface area (Å²) in [5.41, 5.74) is 0. The Labute approximate surface area is 84.3 Å². The van der Waals surface area contributed by atoms with E-state index in [1.807, 2.05) is 0 Å². The van der Waals surface area contributed by atoms with Gasteiger partial charge in [0, 0.05) is 13.0 Å². The first-order valence-electron chi connectivity index (χ1n) is 4.60. The van der Waals surface area contributed by atoms with E-state index in [9.17, 15) is 4.79 Å². The van der Waals surface area contributed by atoms with Crippen molar-refractivity contribution in [2.75, 3.05) is 18.6 Å². The highest BCUT2D eigenvalue weighted by Crippen LogP contribution is 1.96. The molecule has 0 fully saturated rings. The third-order valence-electron chi connectivity index (χ3n) is 1.64. The van der Waals surface area contributed by atoms with Crippen molar-refractivity contribution in [1.29, 1.82) is 0 Å². The predicted octanol–water partition coefficient (Wildman–Crippen LogP) is 1.02. The lowest BCUT2D eigenvalue weighted by Gasteiger charge is -2.05. The molecular formula is C9H19NO2S. The van der Waals surface area contributed by atoms with Gasteiger partial charge in [0.05, 0.1) is 6.10 Å². The molecule has 0 aromatic rings. The van der Waals surface area contributed by atoms with Gasteiger partial charge in [0.2, 0.25) is 5.91 Å². The molecule has 78 valence electrons. The van der Waals surface area contributed by atoms with Gasteiger partial charge in [-0.25, -0.2) is 0 Å². The van der Waals surface area contributed by atoms with Crippen LogP contribution in [0.25, 0.3) is 0 Å². The zero-order valence-electron chi connectivity index (χ0n) is 8.38. The first kappa shape index (κ1) is 12.8. The fourth-order valence-electron chi connectivity index (χ4n) is 0.873. The summed E-state index contributed by atoms with van der Waals surface area (Å²) in [6, 6.07) is 0. The molecule has 1 unspecified atom stereocenters. The third kappa shape index (κ3) is 9.70. The third-order valence-corrected chi connectivity index (χ3v) is 2.33. The smallest absolute Gasteiger partial charge is 0.220 e. The van der Waals surface area contributed by atoms with E-state index in [1.54, 1.807) is 18.7 Å². The molecule has 0 aliphatic rings. The van der Waals surface area contributed by atoms with Crippen molar-refractivity contribution < 1.29 is 9.90 Å². The maximum atomic E-state index is 11.1. The second kappa shape index (κ2) is 8.38. The average molecular weight is 205 g/mol. The van der Waals surface area contributed by atoms with Gasteiger partial charge in [-0.05, 0) is 31.8 Å². The van der Waals surface area contributed by atoms with Crippen LogP contribution in [0, 0.1) is 0 Å². The molecule has 3 nitrogen and oxygen atoms in total. The van der Waals surface area contributed by atoms with E-state index >= 15 is 0 Å². The molecule has 0 saturated heterocycles. The van der Waals surface area contributed by atoms with Crippen LogP contribution in [0.4, 0.5) is 0 Å². The van der Waals surface area contributed by atoms with Gasteiger partial charge in [-0.15, -0.1) is 0 Å². The van der Waals surface area contributed by atoms with Crippen molar-refractivity contribution in [3.05, 3.63) is 0 Å². The van der Waals surface area contributed by atoms with Gasteiger partial charge in [0.1, 0.15) is 0 Å². The number of rotatable bonds is 7. The Bertz CT molecular complexity index is 140. The summed E-state index contributed by atoms with van der Waals surface area (Å²) in [5, 5.41) is 11.7. The molecule has 0 heterocycles. The summed E-state index contributed by atoms with van der Waals surface area (Å²) in [7, 11) is 0. The number of hydrogen-bond acceptors (Lipinski definition) is 3. The fourth-order valence-corrected chi connectivity index (χ4v) is 1.31.